The molecule has 0 saturated heterocycles. The first-order valence-corrected chi connectivity index (χ1v) is 5.79. The minimum absolute atomic E-state index is 1.14. The maximum atomic E-state index is 4.02. The average molecular weight is 211 g/mol. The van der Waals surface area contributed by atoms with Crippen LogP contribution in [0.3, 0.4) is 0 Å². The van der Waals surface area contributed by atoms with Crippen LogP contribution in [-0.2, 0) is 12.8 Å². The highest BCUT2D eigenvalue weighted by molar-refractivity contribution is 5.21. The van der Waals surface area contributed by atoms with Gasteiger partial charge in [-0.2, -0.15) is 0 Å². The van der Waals surface area contributed by atoms with Gasteiger partial charge in [0.1, 0.15) is 0 Å². The van der Waals surface area contributed by atoms with Gasteiger partial charge in [-0.25, -0.2) is 0 Å². The van der Waals surface area contributed by atoms with Crippen LogP contribution in [0.2, 0.25) is 0 Å². The number of hydrogen-bond acceptors (Lipinski definition) is 1. The van der Waals surface area contributed by atoms with E-state index in [2.05, 4.69) is 48.3 Å². The summed E-state index contributed by atoms with van der Waals surface area (Å²) in [5.74, 6) is 0. The van der Waals surface area contributed by atoms with E-state index >= 15 is 0 Å². The lowest BCUT2D eigenvalue weighted by Crippen LogP contribution is -1.90. The first-order valence-electron chi connectivity index (χ1n) is 5.79. The van der Waals surface area contributed by atoms with E-state index in [9.17, 15) is 0 Å². The van der Waals surface area contributed by atoms with Gasteiger partial charge in [0.15, 0.2) is 0 Å². The average Bonchev–Trinajstić information content (AvgIpc) is 2.33. The van der Waals surface area contributed by atoms with Crippen molar-refractivity contribution in [2.75, 3.05) is 0 Å². The van der Waals surface area contributed by atoms with Gasteiger partial charge in [-0.15, -0.1) is 0 Å². The molecular formula is C15H17N. The molecule has 0 radical (unpaired) electrons. The second kappa shape index (κ2) is 5.45. The summed E-state index contributed by atoms with van der Waals surface area (Å²) in [6, 6.07) is 13.0. The highest BCUT2D eigenvalue weighted by Gasteiger charge is 1.95. The fourth-order valence-electron chi connectivity index (χ4n) is 1.80. The number of benzene rings is 1. The van der Waals surface area contributed by atoms with E-state index in [1.165, 1.54) is 23.1 Å². The minimum Gasteiger partial charge on any atom is -0.265 e. The highest BCUT2D eigenvalue weighted by Crippen LogP contribution is 2.08. The van der Waals surface area contributed by atoms with E-state index in [0.717, 1.165) is 12.8 Å². The van der Waals surface area contributed by atoms with E-state index < -0.39 is 0 Å². The van der Waals surface area contributed by atoms with E-state index in [4.69, 9.17) is 0 Å². The maximum Gasteiger partial charge on any atom is 0.0270 e. The molecule has 0 bridgehead atoms. The second-order valence-corrected chi connectivity index (χ2v) is 4.19. The predicted octanol–water partition coefficient (Wildman–Crippen LogP) is 3.57. The molecule has 1 nitrogen and oxygen atoms in total. The molecule has 0 amide bonds. The van der Waals surface area contributed by atoms with Gasteiger partial charge >= 0.3 is 0 Å². The number of pyridine rings is 1. The van der Waals surface area contributed by atoms with Crippen LogP contribution < -0.4 is 0 Å². The normalized spacial score (nSPS) is 10.3. The summed E-state index contributed by atoms with van der Waals surface area (Å²) in [6.07, 6.45) is 7.22. The molecule has 0 atom stereocenters. The number of hydrogen-bond donors (Lipinski definition) is 0. The Morgan fingerprint density at radius 1 is 0.812 bits per heavy atom. The molecule has 2 aromatic rings. The summed E-state index contributed by atoms with van der Waals surface area (Å²) in [5, 5.41) is 0. The van der Waals surface area contributed by atoms with Crippen LogP contribution in [0, 0.1) is 6.92 Å². The third kappa shape index (κ3) is 3.20. The van der Waals surface area contributed by atoms with Crippen molar-refractivity contribution in [3.8, 4) is 0 Å². The van der Waals surface area contributed by atoms with Crippen LogP contribution in [0.15, 0.2) is 48.8 Å². The van der Waals surface area contributed by atoms with E-state index in [0.29, 0.717) is 0 Å². The molecule has 0 saturated carbocycles. The van der Waals surface area contributed by atoms with Crippen molar-refractivity contribution < 1.29 is 0 Å². The fraction of sp³-hybridized carbons (Fsp3) is 0.267. The van der Waals surface area contributed by atoms with Crippen molar-refractivity contribution in [3.63, 3.8) is 0 Å². The predicted molar refractivity (Wildman–Crippen MR) is 67.4 cm³/mol. The second-order valence-electron chi connectivity index (χ2n) is 4.19. The number of nitrogens with zero attached hydrogens (tertiary/aromatic N) is 1. The molecule has 1 aromatic heterocycles. The summed E-state index contributed by atoms with van der Waals surface area (Å²) in [6.45, 7) is 2.13. The Bertz CT molecular complexity index is 417. The van der Waals surface area contributed by atoms with Crippen molar-refractivity contribution in [2.45, 2.75) is 26.2 Å². The van der Waals surface area contributed by atoms with Gasteiger partial charge in [-0.1, -0.05) is 29.8 Å². The van der Waals surface area contributed by atoms with Crippen LogP contribution in [0.25, 0.3) is 0 Å². The van der Waals surface area contributed by atoms with Crippen molar-refractivity contribution >= 4 is 0 Å². The third-order valence-corrected chi connectivity index (χ3v) is 2.80. The first kappa shape index (κ1) is 10.9. The Kier molecular flexibility index (Phi) is 3.71. The molecular weight excluding hydrogens is 194 g/mol. The van der Waals surface area contributed by atoms with Gasteiger partial charge in [-0.05, 0) is 49.4 Å². The molecule has 0 spiro atoms. The molecule has 0 aliphatic heterocycles. The molecule has 16 heavy (non-hydrogen) atoms. The van der Waals surface area contributed by atoms with Crippen LogP contribution >= 0.6 is 0 Å². The zero-order valence-electron chi connectivity index (χ0n) is 9.69. The zero-order valence-corrected chi connectivity index (χ0v) is 9.69. The smallest absolute Gasteiger partial charge is 0.0270 e. The number of aryl methyl sites for hydroxylation is 3. The van der Waals surface area contributed by atoms with Gasteiger partial charge in [-0.3, -0.25) is 4.98 Å². The molecule has 82 valence electrons. The SMILES string of the molecule is Cc1ccc(CCCc2ccncc2)cc1. The van der Waals surface area contributed by atoms with E-state index in [1.54, 1.807) is 0 Å². The molecule has 0 N–H and O–H groups in total. The topological polar surface area (TPSA) is 12.9 Å². The molecule has 0 aliphatic rings. The maximum absolute atomic E-state index is 4.02. The largest absolute Gasteiger partial charge is 0.265 e. The van der Waals surface area contributed by atoms with Gasteiger partial charge in [0.05, 0.1) is 0 Å². The van der Waals surface area contributed by atoms with E-state index in [1.807, 2.05) is 12.4 Å². The van der Waals surface area contributed by atoms with Crippen molar-refractivity contribution in [2.24, 2.45) is 0 Å². The van der Waals surface area contributed by atoms with Gasteiger partial charge in [0.2, 0.25) is 0 Å². The molecule has 1 heterocycles. The lowest BCUT2D eigenvalue weighted by atomic mass is 10.0. The summed E-state index contributed by atoms with van der Waals surface area (Å²) in [4.78, 5) is 4.02. The summed E-state index contributed by atoms with van der Waals surface area (Å²) in [5.41, 5.74) is 4.14. The molecule has 0 aliphatic carbocycles. The fourth-order valence-corrected chi connectivity index (χ4v) is 1.80. The zero-order chi connectivity index (χ0) is 11.2. The Morgan fingerprint density at radius 3 is 2.00 bits per heavy atom. The lowest BCUT2D eigenvalue weighted by molar-refractivity contribution is 0.819. The monoisotopic (exact) mass is 211 g/mol. The summed E-state index contributed by atoms with van der Waals surface area (Å²) >= 11 is 0. The Labute approximate surface area is 97.2 Å². The quantitative estimate of drug-likeness (QED) is 0.753. The first-order chi connectivity index (χ1) is 7.84. The van der Waals surface area contributed by atoms with E-state index in [-0.39, 0.29) is 0 Å². The summed E-state index contributed by atoms with van der Waals surface area (Å²) < 4.78 is 0. The van der Waals surface area contributed by atoms with Crippen LogP contribution in [-0.4, -0.2) is 4.98 Å². The van der Waals surface area contributed by atoms with Crippen molar-refractivity contribution in [1.29, 1.82) is 0 Å². The van der Waals surface area contributed by atoms with Crippen molar-refractivity contribution in [3.05, 3.63) is 65.5 Å². The standard InChI is InChI=1S/C15H17N/c1-13-5-7-14(8-6-13)3-2-4-15-9-11-16-12-10-15/h5-12H,2-4H2,1H3. The number of rotatable bonds is 4. The Morgan fingerprint density at radius 2 is 1.38 bits per heavy atom. The van der Waals surface area contributed by atoms with Crippen molar-refractivity contribution in [1.82, 2.24) is 4.98 Å². The molecule has 0 unspecified atom stereocenters. The number of aromatic nitrogens is 1. The van der Waals surface area contributed by atoms with Gasteiger partial charge in [0.25, 0.3) is 0 Å². The summed E-state index contributed by atoms with van der Waals surface area (Å²) in [7, 11) is 0. The molecule has 1 heteroatoms. The van der Waals surface area contributed by atoms with Crippen LogP contribution in [0.1, 0.15) is 23.1 Å². The highest BCUT2D eigenvalue weighted by atomic mass is 14.6. The molecule has 0 fully saturated rings. The third-order valence-electron chi connectivity index (χ3n) is 2.80. The minimum atomic E-state index is 1.14. The van der Waals surface area contributed by atoms with Crippen LogP contribution in [0.4, 0.5) is 0 Å². The lowest BCUT2D eigenvalue weighted by Gasteiger charge is -2.02. The molecule has 1 aromatic carbocycles. The van der Waals surface area contributed by atoms with Gasteiger partial charge in [0, 0.05) is 12.4 Å². The molecule has 2 rings (SSSR count). The Hall–Kier alpha value is -1.63. The Balaban J connectivity index is 1.82. The van der Waals surface area contributed by atoms with Gasteiger partial charge < -0.3 is 0 Å². The van der Waals surface area contributed by atoms with Crippen LogP contribution in [0.5, 0.6) is 0 Å².